The topological polar surface area (TPSA) is 29.1 Å². The van der Waals surface area contributed by atoms with E-state index in [0.29, 0.717) is 0 Å². The van der Waals surface area contributed by atoms with Gasteiger partial charge in [-0.3, -0.25) is 4.79 Å². The number of hydrogen-bond acceptors (Lipinski definition) is 1. The minimum Gasteiger partial charge on any atom is -0.352 e. The van der Waals surface area contributed by atoms with Crippen molar-refractivity contribution in [2.45, 2.75) is 19.8 Å². The third kappa shape index (κ3) is 2.81. The number of amides is 1. The first-order valence-electron chi connectivity index (χ1n) is 5.21. The van der Waals surface area contributed by atoms with E-state index in [9.17, 15) is 4.79 Å². The highest BCUT2D eigenvalue weighted by atomic mass is 79.9. The molecule has 0 saturated heterocycles. The quantitative estimate of drug-likeness (QED) is 0.897. The Morgan fingerprint density at radius 3 is 2.87 bits per heavy atom. The van der Waals surface area contributed by atoms with Gasteiger partial charge < -0.3 is 5.32 Å². The van der Waals surface area contributed by atoms with Gasteiger partial charge in [0.1, 0.15) is 0 Å². The second kappa shape index (κ2) is 4.35. The molecule has 1 aliphatic carbocycles. The Morgan fingerprint density at radius 2 is 2.27 bits per heavy atom. The van der Waals surface area contributed by atoms with E-state index in [0.717, 1.165) is 28.1 Å². The monoisotopic (exact) mass is 267 g/mol. The third-order valence-corrected chi connectivity index (χ3v) is 3.56. The van der Waals surface area contributed by atoms with Gasteiger partial charge in [0.2, 0.25) is 0 Å². The van der Waals surface area contributed by atoms with Crippen molar-refractivity contribution < 1.29 is 4.79 Å². The molecule has 1 saturated carbocycles. The van der Waals surface area contributed by atoms with Crippen molar-refractivity contribution in [3.05, 3.63) is 33.8 Å². The van der Waals surface area contributed by atoms with E-state index in [1.807, 2.05) is 25.1 Å². The Bertz CT molecular complexity index is 385. The molecular weight excluding hydrogens is 254 g/mol. The van der Waals surface area contributed by atoms with Crippen LogP contribution in [-0.4, -0.2) is 12.5 Å². The van der Waals surface area contributed by atoms with Gasteiger partial charge in [0.25, 0.3) is 5.91 Å². The molecule has 2 rings (SSSR count). The van der Waals surface area contributed by atoms with Crippen LogP contribution in [0.4, 0.5) is 0 Å². The zero-order valence-corrected chi connectivity index (χ0v) is 10.3. The summed E-state index contributed by atoms with van der Waals surface area (Å²) in [5, 5.41) is 2.95. The average Bonchev–Trinajstić information content (AvgIpc) is 3.02. The summed E-state index contributed by atoms with van der Waals surface area (Å²) in [7, 11) is 0. The van der Waals surface area contributed by atoms with E-state index >= 15 is 0 Å². The van der Waals surface area contributed by atoms with Gasteiger partial charge in [-0.1, -0.05) is 15.9 Å². The summed E-state index contributed by atoms with van der Waals surface area (Å²) in [5.41, 5.74) is 1.84. The Kier molecular flexibility index (Phi) is 3.10. The van der Waals surface area contributed by atoms with Crippen LogP contribution in [0.15, 0.2) is 22.7 Å². The van der Waals surface area contributed by atoms with Crippen LogP contribution < -0.4 is 5.32 Å². The van der Waals surface area contributed by atoms with Crippen molar-refractivity contribution in [2.75, 3.05) is 6.54 Å². The number of carbonyl (C=O) groups excluding carboxylic acids is 1. The summed E-state index contributed by atoms with van der Waals surface area (Å²) >= 11 is 3.42. The fourth-order valence-corrected chi connectivity index (χ4v) is 1.69. The average molecular weight is 268 g/mol. The van der Waals surface area contributed by atoms with Gasteiger partial charge in [-0.05, 0) is 49.4 Å². The highest BCUT2D eigenvalue weighted by Gasteiger charge is 2.21. The molecule has 0 radical (unpaired) electrons. The number of benzene rings is 1. The van der Waals surface area contributed by atoms with Gasteiger partial charge in [0.05, 0.1) is 0 Å². The van der Waals surface area contributed by atoms with Crippen LogP contribution in [0.3, 0.4) is 0 Å². The predicted molar refractivity (Wildman–Crippen MR) is 63.9 cm³/mol. The molecule has 0 unspecified atom stereocenters. The van der Waals surface area contributed by atoms with Crippen molar-refractivity contribution in [1.29, 1.82) is 0 Å². The lowest BCUT2D eigenvalue weighted by molar-refractivity contribution is 0.0951. The smallest absolute Gasteiger partial charge is 0.251 e. The molecule has 80 valence electrons. The predicted octanol–water partition coefficient (Wildman–Crippen LogP) is 2.90. The van der Waals surface area contributed by atoms with Crippen molar-refractivity contribution in [1.82, 2.24) is 5.32 Å². The van der Waals surface area contributed by atoms with Gasteiger partial charge in [-0.2, -0.15) is 0 Å². The molecule has 1 amide bonds. The highest BCUT2D eigenvalue weighted by molar-refractivity contribution is 9.10. The minimum atomic E-state index is 0.0394. The summed E-state index contributed by atoms with van der Waals surface area (Å²) in [6, 6.07) is 5.67. The summed E-state index contributed by atoms with van der Waals surface area (Å²) in [6.45, 7) is 2.82. The van der Waals surface area contributed by atoms with E-state index in [1.54, 1.807) is 0 Å². The second-order valence-electron chi connectivity index (χ2n) is 4.12. The number of halogens is 1. The zero-order valence-electron chi connectivity index (χ0n) is 8.72. The van der Waals surface area contributed by atoms with Gasteiger partial charge in [-0.25, -0.2) is 0 Å². The Morgan fingerprint density at radius 1 is 1.53 bits per heavy atom. The van der Waals surface area contributed by atoms with Crippen molar-refractivity contribution in [3.63, 3.8) is 0 Å². The molecule has 0 aromatic heterocycles. The summed E-state index contributed by atoms with van der Waals surface area (Å²) in [6.07, 6.45) is 2.53. The highest BCUT2D eigenvalue weighted by Crippen LogP contribution is 2.27. The standard InChI is InChI=1S/C12H14BrNO/c1-8-6-10(4-5-11(8)13)12(15)14-7-9-2-3-9/h4-6,9H,2-3,7H2,1H3,(H,14,15). The lowest BCUT2D eigenvalue weighted by Crippen LogP contribution is -2.25. The SMILES string of the molecule is Cc1cc(C(=O)NCC2CC2)ccc1Br. The lowest BCUT2D eigenvalue weighted by atomic mass is 10.1. The van der Waals surface area contributed by atoms with Crippen molar-refractivity contribution >= 4 is 21.8 Å². The minimum absolute atomic E-state index is 0.0394. The molecule has 0 aliphatic heterocycles. The van der Waals surface area contributed by atoms with Gasteiger partial charge >= 0.3 is 0 Å². The molecule has 1 aromatic carbocycles. The molecule has 0 heterocycles. The molecule has 15 heavy (non-hydrogen) atoms. The van der Waals surface area contributed by atoms with Crippen LogP contribution in [0.1, 0.15) is 28.8 Å². The van der Waals surface area contributed by atoms with Crippen LogP contribution in [0.25, 0.3) is 0 Å². The molecule has 0 atom stereocenters. The van der Waals surface area contributed by atoms with Crippen LogP contribution in [0.5, 0.6) is 0 Å². The maximum atomic E-state index is 11.7. The van der Waals surface area contributed by atoms with E-state index in [1.165, 1.54) is 12.8 Å². The molecule has 2 nitrogen and oxygen atoms in total. The molecule has 0 bridgehead atoms. The van der Waals surface area contributed by atoms with Crippen LogP contribution in [-0.2, 0) is 0 Å². The molecule has 1 aromatic rings. The number of aryl methyl sites for hydroxylation is 1. The van der Waals surface area contributed by atoms with Gasteiger partial charge in [0.15, 0.2) is 0 Å². The van der Waals surface area contributed by atoms with Crippen LogP contribution in [0.2, 0.25) is 0 Å². The van der Waals surface area contributed by atoms with E-state index in [2.05, 4.69) is 21.2 Å². The molecule has 1 fully saturated rings. The molecule has 1 N–H and O–H groups in total. The Balaban J connectivity index is 2.00. The maximum absolute atomic E-state index is 11.7. The zero-order chi connectivity index (χ0) is 10.8. The van der Waals surface area contributed by atoms with Crippen LogP contribution in [0, 0.1) is 12.8 Å². The Hall–Kier alpha value is -0.830. The van der Waals surface area contributed by atoms with E-state index in [-0.39, 0.29) is 5.91 Å². The van der Waals surface area contributed by atoms with Gasteiger partial charge in [0, 0.05) is 16.6 Å². The first-order valence-corrected chi connectivity index (χ1v) is 6.00. The van der Waals surface area contributed by atoms with E-state index in [4.69, 9.17) is 0 Å². The number of nitrogens with one attached hydrogen (secondary N) is 1. The fourth-order valence-electron chi connectivity index (χ4n) is 1.45. The number of carbonyl (C=O) groups is 1. The van der Waals surface area contributed by atoms with Crippen molar-refractivity contribution in [2.24, 2.45) is 5.92 Å². The van der Waals surface area contributed by atoms with E-state index < -0.39 is 0 Å². The molecular formula is C12H14BrNO. The first kappa shape index (κ1) is 10.7. The maximum Gasteiger partial charge on any atom is 0.251 e. The number of rotatable bonds is 3. The molecule has 0 spiro atoms. The Labute approximate surface area is 98.2 Å². The fraction of sp³-hybridized carbons (Fsp3) is 0.417. The molecule has 3 heteroatoms. The van der Waals surface area contributed by atoms with Crippen LogP contribution >= 0.6 is 15.9 Å². The summed E-state index contributed by atoms with van der Waals surface area (Å²) in [4.78, 5) is 11.7. The van der Waals surface area contributed by atoms with Crippen molar-refractivity contribution in [3.8, 4) is 0 Å². The number of hydrogen-bond donors (Lipinski definition) is 1. The normalized spacial score (nSPS) is 15.1. The largest absolute Gasteiger partial charge is 0.352 e. The third-order valence-electron chi connectivity index (χ3n) is 2.67. The lowest BCUT2D eigenvalue weighted by Gasteiger charge is -2.05. The molecule has 1 aliphatic rings. The second-order valence-corrected chi connectivity index (χ2v) is 4.97. The summed E-state index contributed by atoms with van der Waals surface area (Å²) < 4.78 is 1.04. The first-order chi connectivity index (χ1) is 7.16. The van der Waals surface area contributed by atoms with Gasteiger partial charge in [-0.15, -0.1) is 0 Å². The summed E-state index contributed by atoms with van der Waals surface area (Å²) in [5.74, 6) is 0.767.